The van der Waals surface area contributed by atoms with Crippen molar-refractivity contribution in [3.8, 4) is 0 Å². The molecule has 4 unspecified atom stereocenters. The molecule has 7 aromatic rings. The summed E-state index contributed by atoms with van der Waals surface area (Å²) in [7, 11) is -3.48. The van der Waals surface area contributed by atoms with E-state index in [0.717, 1.165) is 120 Å². The van der Waals surface area contributed by atoms with Crippen LogP contribution in [0.25, 0.3) is 6.08 Å². The lowest BCUT2D eigenvalue weighted by molar-refractivity contribution is 0.0199. The summed E-state index contributed by atoms with van der Waals surface area (Å²) >= 11 is 0. The van der Waals surface area contributed by atoms with Crippen molar-refractivity contribution in [2.24, 2.45) is 22.7 Å². The van der Waals surface area contributed by atoms with Crippen LogP contribution in [0.1, 0.15) is 240 Å². The third kappa shape index (κ3) is 16.6. The van der Waals surface area contributed by atoms with E-state index in [0.29, 0.717) is 49.4 Å². The third-order valence-electron chi connectivity index (χ3n) is 22.2. The van der Waals surface area contributed by atoms with E-state index in [4.69, 9.17) is 20.0 Å². The minimum atomic E-state index is -3.48. The number of carbonyl (C=O) groups excluding carboxylic acids is 3. The molecule has 6 aliphatic carbocycles. The van der Waals surface area contributed by atoms with Crippen molar-refractivity contribution in [2.45, 2.75) is 233 Å². The number of likely N-dealkylation sites (tertiary alicyclic amines) is 1. The summed E-state index contributed by atoms with van der Waals surface area (Å²) in [6, 6.07) is 42.0. The molecule has 4 aromatic carbocycles. The molecule has 4 fully saturated rings. The second-order valence-corrected chi connectivity index (χ2v) is 32.3. The zero-order chi connectivity index (χ0) is 67.9. The van der Waals surface area contributed by atoms with Gasteiger partial charge in [0.25, 0.3) is 11.8 Å². The van der Waals surface area contributed by atoms with Crippen LogP contribution in [0.3, 0.4) is 0 Å². The first kappa shape index (κ1) is 69.3. The summed E-state index contributed by atoms with van der Waals surface area (Å²) in [5.74, 6) is 1.35. The Morgan fingerprint density at radius 3 is 1.70 bits per heavy atom. The fraction of sp³-hybridized carbons (Fsp3) is 0.525. The Morgan fingerprint density at radius 1 is 0.598 bits per heavy atom. The van der Waals surface area contributed by atoms with Gasteiger partial charge in [-0.05, 0) is 194 Å². The van der Waals surface area contributed by atoms with Crippen LogP contribution < -0.4 is 15.4 Å². The number of sulfonamides is 1. The second-order valence-electron chi connectivity index (χ2n) is 30.7. The maximum Gasteiger partial charge on any atom is 0.410 e. The van der Waals surface area contributed by atoms with Gasteiger partial charge in [0.05, 0.1) is 31.0 Å². The van der Waals surface area contributed by atoms with Gasteiger partial charge in [-0.25, -0.2) is 17.9 Å². The molecule has 516 valence electrons. The van der Waals surface area contributed by atoms with Gasteiger partial charge in [-0.15, -0.1) is 0 Å². The molecule has 0 spiro atoms. The van der Waals surface area contributed by atoms with Gasteiger partial charge < -0.3 is 20.3 Å². The Morgan fingerprint density at radius 2 is 1.11 bits per heavy atom. The third-order valence-corrected chi connectivity index (χ3v) is 23.4. The van der Waals surface area contributed by atoms with E-state index >= 15 is 0 Å². The molecule has 16 nitrogen and oxygen atoms in total. The molecule has 3 saturated carbocycles. The highest BCUT2D eigenvalue weighted by atomic mass is 32.2. The number of fused-ring (bicyclic) bond motifs is 5. The minimum absolute atomic E-state index is 0.0219. The number of ether oxygens (including phenoxy) is 1. The average Bonchev–Trinajstić information content (AvgIpc) is 1.57. The van der Waals surface area contributed by atoms with E-state index in [-0.39, 0.29) is 52.8 Å². The number of benzene rings is 4. The van der Waals surface area contributed by atoms with Gasteiger partial charge in [0, 0.05) is 70.6 Å². The predicted octanol–water partition coefficient (Wildman–Crippen LogP) is 15.0. The zero-order valence-electron chi connectivity index (χ0n) is 58.5. The monoisotopic (exact) mass is 1330 g/mol. The smallest absolute Gasteiger partial charge is 0.410 e. The highest BCUT2D eigenvalue weighted by Crippen LogP contribution is 2.62. The molecule has 5 atom stereocenters. The fourth-order valence-corrected chi connectivity index (χ4v) is 18.2. The van der Waals surface area contributed by atoms with Gasteiger partial charge in [-0.2, -0.15) is 15.3 Å². The average molecular weight is 1330 g/mol. The molecule has 1 saturated heterocycles. The van der Waals surface area contributed by atoms with E-state index in [1.54, 1.807) is 11.0 Å². The van der Waals surface area contributed by atoms with Gasteiger partial charge in [-0.3, -0.25) is 23.6 Å². The molecule has 14 rings (SSSR count). The molecule has 7 aliphatic rings. The van der Waals surface area contributed by atoms with Crippen LogP contribution in [-0.2, 0) is 66.5 Å². The Kier molecular flexibility index (Phi) is 21.6. The van der Waals surface area contributed by atoms with Crippen LogP contribution in [0.4, 0.5) is 4.79 Å². The fourth-order valence-electron chi connectivity index (χ4n) is 17.1. The largest absolute Gasteiger partial charge is 0.444 e. The molecule has 4 heterocycles. The van der Waals surface area contributed by atoms with Crippen molar-refractivity contribution < 1.29 is 27.5 Å². The number of amides is 3. The predicted molar refractivity (Wildman–Crippen MR) is 384 cm³/mol. The van der Waals surface area contributed by atoms with Gasteiger partial charge in [0.15, 0.2) is 11.4 Å². The number of hydrogen-bond donors (Lipinski definition) is 3. The minimum Gasteiger partial charge on any atom is -0.444 e. The maximum absolute atomic E-state index is 13.9. The first-order valence-electron chi connectivity index (χ1n) is 36.4. The number of carbonyl (C=O) groups is 3. The van der Waals surface area contributed by atoms with Gasteiger partial charge in [0.2, 0.25) is 10.0 Å². The molecule has 2 bridgehead atoms. The van der Waals surface area contributed by atoms with E-state index in [1.807, 2.05) is 74.8 Å². The lowest BCUT2D eigenvalue weighted by Gasteiger charge is -2.43. The molecule has 0 radical (unpaired) electrons. The molecular formula is C80H104N10O6S. The van der Waals surface area contributed by atoms with Gasteiger partial charge in [0.1, 0.15) is 5.60 Å². The molecule has 17 heteroatoms. The summed E-state index contributed by atoms with van der Waals surface area (Å²) in [4.78, 5) is 41.1. The van der Waals surface area contributed by atoms with Gasteiger partial charge >= 0.3 is 6.09 Å². The molecule has 3 N–H and O–H groups in total. The quantitative estimate of drug-likeness (QED) is 0.0846. The van der Waals surface area contributed by atoms with Crippen molar-refractivity contribution in [1.29, 1.82) is 0 Å². The first-order valence-corrected chi connectivity index (χ1v) is 38.0. The van der Waals surface area contributed by atoms with E-state index < -0.39 is 15.6 Å². The summed E-state index contributed by atoms with van der Waals surface area (Å²) in [5.41, 5.74) is 13.9. The molecule has 1 aliphatic heterocycles. The van der Waals surface area contributed by atoms with Crippen molar-refractivity contribution >= 4 is 34.0 Å². The Hall–Kier alpha value is -7.63. The number of nitrogens with zero attached hydrogens (tertiary/aromatic N) is 7. The number of rotatable bonds is 16. The topological polar surface area (TPSA) is 187 Å². The van der Waals surface area contributed by atoms with Crippen molar-refractivity contribution in [1.82, 2.24) is 49.6 Å². The molecular weight excluding hydrogens is 1230 g/mol. The summed E-state index contributed by atoms with van der Waals surface area (Å²) in [6.07, 6.45) is 24.0. The summed E-state index contributed by atoms with van der Waals surface area (Å²) in [6.45, 7) is 17.9. The van der Waals surface area contributed by atoms with Gasteiger partial charge in [-0.1, -0.05) is 161 Å². The second kappa shape index (κ2) is 30.2. The Balaban J connectivity index is 0.000000139. The molecule has 97 heavy (non-hydrogen) atoms. The zero-order valence-corrected chi connectivity index (χ0v) is 59.4. The van der Waals surface area contributed by atoms with E-state index in [9.17, 15) is 22.8 Å². The highest BCUT2D eigenvalue weighted by molar-refractivity contribution is 7.92. The number of nitrogens with one attached hydrogen (secondary N) is 3. The highest BCUT2D eigenvalue weighted by Gasteiger charge is 2.60. The van der Waals surface area contributed by atoms with Crippen LogP contribution in [0.2, 0.25) is 0 Å². The maximum atomic E-state index is 13.9. The van der Waals surface area contributed by atoms with Crippen LogP contribution >= 0.6 is 0 Å². The lowest BCUT2D eigenvalue weighted by atomic mass is 9.68. The molecule has 3 amide bonds. The summed E-state index contributed by atoms with van der Waals surface area (Å²) < 4.78 is 39.9. The van der Waals surface area contributed by atoms with Crippen LogP contribution in [-0.4, -0.2) is 97.4 Å². The number of hydrogen-bond acceptors (Lipinski definition) is 9. The number of aromatic nitrogens is 6. The Labute approximate surface area is 576 Å². The van der Waals surface area contributed by atoms with Crippen LogP contribution in [0.5, 0.6) is 0 Å². The van der Waals surface area contributed by atoms with Crippen LogP contribution in [0, 0.1) is 22.7 Å². The van der Waals surface area contributed by atoms with Crippen molar-refractivity contribution in [2.75, 3.05) is 13.1 Å². The van der Waals surface area contributed by atoms with Crippen molar-refractivity contribution in [3.05, 3.63) is 200 Å². The van der Waals surface area contributed by atoms with Crippen LogP contribution in [0.15, 0.2) is 127 Å². The normalized spacial score (nSPS) is 21.8. The standard InChI is InChI=1S/C31H37N3O.C25H34N4O3.C24H33N3O2S/c1-30(2)23-17-18-31(3,19-23)29(30)32-28(35)26-25-16-10-15-24(22-13-8-5-9-14-22)27(25)34(33-26)20-21-11-6-4-7-12-21;1-25(2,3)32-24(31)28-15-13-19(14-16-28)26-23(30)22-20-11-7-8-12-21(20)29(27-22)17-18-9-5-4-6-10-18;1-19(21-12-6-3-7-13-21)26-30(28,29)17-16-23-22-14-8-9-15-24(22)27(25-23)18-20-10-4-2-5-11-20/h4-9,11-14,23-24,29H,10,15-20H2,1-3H3,(H,32,35);4-6,9-10,19H,7-8,11-17H2,1-3H3,(H,26,30);2,4-5,10-11,16-17,19,21,26H,3,6-9,12-15,18H2,1H3/b;;17-16+/t;;19-/m..0/s1. The Bertz CT molecular complexity index is 3970. The molecule has 3 aromatic heterocycles. The SMILES string of the molecule is CC(C)(C)OC(=O)N1CCC(NC(=O)c2nn(Cc3ccccc3)c3c2CCCC3)CC1.CC12CCC(C1)C(C)(C)C2NC(=O)c1nn(Cc2ccccc2)c2c1CCCC2c1ccccc1.C[C@H](NS(=O)(=O)/C=C/c1nn(Cc2ccccc2)c2c1CCCC2)C1CCCCC1. The van der Waals surface area contributed by atoms with E-state index in [2.05, 4.69) is 124 Å². The first-order chi connectivity index (χ1) is 46.7. The summed E-state index contributed by atoms with van der Waals surface area (Å²) in [5, 5.41) is 22.6. The van der Waals surface area contributed by atoms with Crippen molar-refractivity contribution in [3.63, 3.8) is 0 Å². The van der Waals surface area contributed by atoms with E-state index in [1.165, 1.54) is 88.8 Å². The number of piperidine rings is 1. The lowest BCUT2D eigenvalue weighted by Crippen LogP contribution is -2.52.